The van der Waals surface area contributed by atoms with Gasteiger partial charge in [0.15, 0.2) is 17.5 Å². The summed E-state index contributed by atoms with van der Waals surface area (Å²) in [7, 11) is -3.16. The summed E-state index contributed by atoms with van der Waals surface area (Å²) < 4.78 is 38.1. The predicted molar refractivity (Wildman–Crippen MR) is 49.2 cm³/mol. The molecule has 0 aliphatic carbocycles. The zero-order chi connectivity index (χ0) is 10.2. The Hall–Kier alpha value is 0.243. The fourth-order valence-electron chi connectivity index (χ4n) is 0.991. The third-order valence-corrected chi connectivity index (χ3v) is 3.37. The first-order valence-corrected chi connectivity index (χ1v) is 6.59. The van der Waals surface area contributed by atoms with E-state index in [1.807, 2.05) is 0 Å². The smallest absolute Gasteiger partial charge is 1.00 e. The van der Waals surface area contributed by atoms with E-state index < -0.39 is 25.8 Å². The van der Waals surface area contributed by atoms with Crippen LogP contribution in [0.2, 0.25) is 13.1 Å². The predicted octanol–water partition coefficient (Wildman–Crippen LogP) is -2.50. The van der Waals surface area contributed by atoms with Gasteiger partial charge in [-0.2, -0.15) is 0 Å². The van der Waals surface area contributed by atoms with Crippen molar-refractivity contribution in [2.75, 3.05) is 0 Å². The zero-order valence-electron chi connectivity index (χ0n) is 8.28. The molecule has 0 saturated heterocycles. The Morgan fingerprint density at radius 2 is 1.53 bits per heavy atom. The number of hydrogen-bond acceptors (Lipinski definition) is 1. The minimum atomic E-state index is -3.16. The standard InChI is InChI=1S/C8H8F3OSi.ClH.Mg/c1-13(2,12)6-4-3-5(9)7(10)8(6)11;;/h3-4H,1-2H3;1H;/q-1;;+2/p-1. The topological polar surface area (TPSA) is 23.1 Å². The van der Waals surface area contributed by atoms with E-state index in [0.29, 0.717) is 0 Å². The maximum atomic E-state index is 13.0. The zero-order valence-corrected chi connectivity index (χ0v) is 11.5. The molecule has 1 aromatic carbocycles. The van der Waals surface area contributed by atoms with Gasteiger partial charge in [0.2, 0.25) is 0 Å². The summed E-state index contributed by atoms with van der Waals surface area (Å²) in [6.07, 6.45) is 0. The second kappa shape index (κ2) is 6.10. The average molecular weight is 265 g/mol. The average Bonchev–Trinajstić information content (AvgIpc) is 1.98. The molecule has 0 N–H and O–H groups in total. The molecule has 1 aromatic rings. The molecule has 0 aliphatic rings. The minimum absolute atomic E-state index is 0. The van der Waals surface area contributed by atoms with Gasteiger partial charge in [-0.1, -0.05) is 19.2 Å². The van der Waals surface area contributed by atoms with Crippen LogP contribution in [0.4, 0.5) is 13.2 Å². The van der Waals surface area contributed by atoms with Crippen molar-refractivity contribution in [1.29, 1.82) is 0 Å². The van der Waals surface area contributed by atoms with Crippen LogP contribution in [0.25, 0.3) is 0 Å². The van der Waals surface area contributed by atoms with Crippen molar-refractivity contribution in [3.05, 3.63) is 29.6 Å². The van der Waals surface area contributed by atoms with Crippen molar-refractivity contribution in [3.63, 3.8) is 0 Å². The normalized spacial score (nSPS) is 10.3. The summed E-state index contributed by atoms with van der Waals surface area (Å²) in [4.78, 5) is 11.4. The van der Waals surface area contributed by atoms with Crippen LogP contribution in [0.1, 0.15) is 0 Å². The van der Waals surface area contributed by atoms with E-state index in [1.54, 1.807) is 0 Å². The van der Waals surface area contributed by atoms with Gasteiger partial charge in [0.25, 0.3) is 0 Å². The molecule has 0 aliphatic heterocycles. The van der Waals surface area contributed by atoms with E-state index in [1.165, 1.54) is 13.1 Å². The second-order valence-corrected chi connectivity index (χ2v) is 6.79. The summed E-state index contributed by atoms with van der Waals surface area (Å²) in [6.45, 7) is 2.64. The van der Waals surface area contributed by atoms with E-state index in [0.717, 1.165) is 12.1 Å². The van der Waals surface area contributed by atoms with E-state index in [4.69, 9.17) is 0 Å². The summed E-state index contributed by atoms with van der Waals surface area (Å²) >= 11 is 0. The molecule has 0 saturated carbocycles. The molecule has 0 atom stereocenters. The van der Waals surface area contributed by atoms with Crippen molar-refractivity contribution in [2.45, 2.75) is 13.1 Å². The number of rotatable bonds is 1. The van der Waals surface area contributed by atoms with Crippen LogP contribution in [0, 0.1) is 17.5 Å². The Kier molecular flexibility index (Phi) is 7.17. The van der Waals surface area contributed by atoms with Crippen LogP contribution in [0.15, 0.2) is 12.1 Å². The van der Waals surface area contributed by atoms with Crippen LogP contribution in [-0.2, 0) is 0 Å². The monoisotopic (exact) mass is 264 g/mol. The molecule has 7 heteroatoms. The Bertz CT molecular complexity index is 343. The SMILES string of the molecule is C[Si](C)([O-])c1ccc(F)c(F)c1F.[Cl-].[Mg+2]. The van der Waals surface area contributed by atoms with Crippen LogP contribution in [0.5, 0.6) is 0 Å². The van der Waals surface area contributed by atoms with Crippen LogP contribution >= 0.6 is 0 Å². The third kappa shape index (κ3) is 3.95. The van der Waals surface area contributed by atoms with Gasteiger partial charge in [-0.05, 0) is 19.6 Å². The minimum Gasteiger partial charge on any atom is -1.00 e. The van der Waals surface area contributed by atoms with Crippen molar-refractivity contribution >= 4 is 36.6 Å². The first-order chi connectivity index (χ1) is 5.84. The first kappa shape index (κ1) is 17.6. The molecule has 0 spiro atoms. The molecule has 0 bridgehead atoms. The quantitative estimate of drug-likeness (QED) is 0.406. The summed E-state index contributed by atoms with van der Waals surface area (Å²) in [5, 5.41) is -0.230. The van der Waals surface area contributed by atoms with Gasteiger partial charge in [0.1, 0.15) is 0 Å². The number of halogens is 4. The van der Waals surface area contributed by atoms with Gasteiger partial charge in [-0.15, -0.1) is 0 Å². The Morgan fingerprint density at radius 1 is 1.07 bits per heavy atom. The third-order valence-electron chi connectivity index (χ3n) is 1.68. The Labute approximate surface area is 109 Å². The number of benzene rings is 1. The van der Waals surface area contributed by atoms with E-state index in [9.17, 15) is 18.0 Å². The van der Waals surface area contributed by atoms with E-state index in [-0.39, 0.29) is 40.6 Å². The molecule has 0 amide bonds. The molecule has 15 heavy (non-hydrogen) atoms. The molecule has 0 aromatic heterocycles. The van der Waals surface area contributed by atoms with E-state index >= 15 is 0 Å². The second-order valence-electron chi connectivity index (χ2n) is 3.23. The molecular formula is C8H8ClF3MgOSi. The van der Waals surface area contributed by atoms with Crippen molar-refractivity contribution in [1.82, 2.24) is 0 Å². The largest absolute Gasteiger partial charge is 2.00 e. The van der Waals surface area contributed by atoms with Crippen LogP contribution in [-0.4, -0.2) is 31.4 Å². The maximum absolute atomic E-state index is 13.0. The fraction of sp³-hybridized carbons (Fsp3) is 0.250. The van der Waals surface area contributed by atoms with Crippen molar-refractivity contribution < 1.29 is 30.4 Å². The van der Waals surface area contributed by atoms with Crippen molar-refractivity contribution in [3.8, 4) is 0 Å². The molecule has 0 unspecified atom stereocenters. The molecule has 1 rings (SSSR count). The van der Waals surface area contributed by atoms with Gasteiger partial charge < -0.3 is 17.2 Å². The number of hydrogen-bond donors (Lipinski definition) is 0. The van der Waals surface area contributed by atoms with Gasteiger partial charge >= 0.3 is 23.1 Å². The molecular weight excluding hydrogens is 257 g/mol. The fourth-order valence-corrected chi connectivity index (χ4v) is 2.11. The molecule has 0 radical (unpaired) electrons. The van der Waals surface area contributed by atoms with Gasteiger partial charge in [0.05, 0.1) is 0 Å². The van der Waals surface area contributed by atoms with Gasteiger partial charge in [0, 0.05) is 0 Å². The molecule has 80 valence electrons. The summed E-state index contributed by atoms with van der Waals surface area (Å²) in [5.74, 6) is -4.17. The molecule has 0 heterocycles. The maximum Gasteiger partial charge on any atom is 2.00 e. The first-order valence-electron chi connectivity index (χ1n) is 3.68. The summed E-state index contributed by atoms with van der Waals surface area (Å²) in [6, 6.07) is 1.80. The molecule has 0 fully saturated rings. The van der Waals surface area contributed by atoms with Crippen LogP contribution in [0.3, 0.4) is 0 Å². The van der Waals surface area contributed by atoms with Gasteiger partial charge in [-0.3, -0.25) is 0 Å². The Morgan fingerprint density at radius 3 is 1.93 bits per heavy atom. The summed E-state index contributed by atoms with van der Waals surface area (Å²) in [5.41, 5.74) is 0. The van der Waals surface area contributed by atoms with Gasteiger partial charge in [-0.25, -0.2) is 13.2 Å². The van der Waals surface area contributed by atoms with Crippen LogP contribution < -0.4 is 22.4 Å². The molecule has 1 nitrogen and oxygen atoms in total. The Balaban J connectivity index is 0. The van der Waals surface area contributed by atoms with E-state index in [2.05, 4.69) is 0 Å². The van der Waals surface area contributed by atoms with Crippen molar-refractivity contribution in [2.24, 2.45) is 0 Å².